The summed E-state index contributed by atoms with van der Waals surface area (Å²) in [6.07, 6.45) is 0. The minimum Gasteiger partial charge on any atom is -0.495 e. The second-order valence-corrected chi connectivity index (χ2v) is 7.88. The molecule has 0 heterocycles. The molecule has 2 aromatic carbocycles. The Bertz CT molecular complexity index is 917. The second-order valence-electron chi connectivity index (χ2n) is 4.80. The van der Waals surface area contributed by atoms with Gasteiger partial charge in [0.25, 0.3) is 10.0 Å². The average molecular weight is 425 g/mol. The Morgan fingerprint density at radius 3 is 2.28 bits per heavy atom. The zero-order chi connectivity index (χ0) is 18.8. The van der Waals surface area contributed by atoms with E-state index in [1.165, 1.54) is 43.5 Å². The quantitative estimate of drug-likeness (QED) is 0.759. The number of carbonyl (C=O) groups is 1. The van der Waals surface area contributed by atoms with Crippen molar-refractivity contribution in [3.63, 3.8) is 0 Å². The van der Waals surface area contributed by atoms with Crippen LogP contribution in [-0.4, -0.2) is 33.1 Å². The summed E-state index contributed by atoms with van der Waals surface area (Å²) in [5.41, 5.74) is 0.0590. The Morgan fingerprint density at radius 1 is 1.08 bits per heavy atom. The summed E-state index contributed by atoms with van der Waals surface area (Å²) in [6, 6.07) is 7.84. The first-order valence-corrected chi connectivity index (χ1v) is 9.27. The number of benzene rings is 2. The maximum atomic E-state index is 12.9. The van der Waals surface area contributed by atoms with Gasteiger partial charge in [-0.2, -0.15) is 0 Å². The highest BCUT2D eigenvalue weighted by atomic mass is 35.5. The molecule has 10 heteroatoms. The van der Waals surface area contributed by atoms with Gasteiger partial charge in [0.1, 0.15) is 12.3 Å². The van der Waals surface area contributed by atoms with Gasteiger partial charge in [0.05, 0.1) is 32.8 Å². The van der Waals surface area contributed by atoms with Crippen LogP contribution in [0, 0.1) is 0 Å². The predicted molar refractivity (Wildman–Crippen MR) is 96.6 cm³/mol. The first-order valence-electron chi connectivity index (χ1n) is 6.70. The molecule has 0 aromatic heterocycles. The lowest BCUT2D eigenvalue weighted by atomic mass is 10.3. The van der Waals surface area contributed by atoms with Crippen LogP contribution >= 0.6 is 34.8 Å². The molecule has 0 aliphatic carbocycles. The van der Waals surface area contributed by atoms with Gasteiger partial charge in [-0.25, -0.2) is 8.42 Å². The number of rotatable bonds is 6. The molecule has 6 nitrogen and oxygen atoms in total. The number of methoxy groups -OCH3 is 1. The summed E-state index contributed by atoms with van der Waals surface area (Å²) in [7, 11) is -2.82. The van der Waals surface area contributed by atoms with Crippen molar-refractivity contribution in [2.45, 2.75) is 4.90 Å². The number of aliphatic carboxylic acids is 1. The Morgan fingerprint density at radius 2 is 1.76 bits per heavy atom. The highest BCUT2D eigenvalue weighted by Crippen LogP contribution is 2.32. The van der Waals surface area contributed by atoms with Crippen molar-refractivity contribution in [1.82, 2.24) is 0 Å². The number of hydrogen-bond acceptors (Lipinski definition) is 4. The highest BCUT2D eigenvalue weighted by molar-refractivity contribution is 7.92. The zero-order valence-corrected chi connectivity index (χ0v) is 15.8. The lowest BCUT2D eigenvalue weighted by Gasteiger charge is -2.23. The minimum absolute atomic E-state index is 0.0590. The van der Waals surface area contributed by atoms with Gasteiger partial charge >= 0.3 is 5.97 Å². The smallest absolute Gasteiger partial charge is 0.324 e. The fraction of sp³-hybridized carbons (Fsp3) is 0.133. The monoisotopic (exact) mass is 423 g/mol. The molecule has 0 atom stereocenters. The molecule has 0 saturated carbocycles. The normalized spacial score (nSPS) is 11.2. The molecule has 1 N–H and O–H groups in total. The molecule has 2 aromatic rings. The van der Waals surface area contributed by atoms with Gasteiger partial charge in [-0.05, 0) is 36.4 Å². The summed E-state index contributed by atoms with van der Waals surface area (Å²) in [5, 5.41) is 9.49. The SMILES string of the molecule is COc1ccc(S(=O)(=O)N(CC(=O)O)c2ccc(Cl)c(Cl)c2)cc1Cl. The molecular formula is C15H12Cl3NO5S. The van der Waals surface area contributed by atoms with Crippen molar-refractivity contribution in [1.29, 1.82) is 0 Å². The van der Waals surface area contributed by atoms with E-state index in [0.29, 0.717) is 10.1 Å². The van der Waals surface area contributed by atoms with E-state index in [4.69, 9.17) is 44.6 Å². The van der Waals surface area contributed by atoms with E-state index < -0.39 is 22.5 Å². The highest BCUT2D eigenvalue weighted by Gasteiger charge is 2.28. The summed E-state index contributed by atoms with van der Waals surface area (Å²) < 4.78 is 31.5. The van der Waals surface area contributed by atoms with Gasteiger partial charge in [0.15, 0.2) is 0 Å². The minimum atomic E-state index is -4.22. The van der Waals surface area contributed by atoms with Crippen molar-refractivity contribution in [2.75, 3.05) is 18.0 Å². The number of halogens is 3. The van der Waals surface area contributed by atoms with Crippen molar-refractivity contribution < 1.29 is 23.1 Å². The van der Waals surface area contributed by atoms with E-state index in [2.05, 4.69) is 0 Å². The van der Waals surface area contributed by atoms with Crippen molar-refractivity contribution in [3.05, 3.63) is 51.5 Å². The molecule has 0 amide bonds. The third-order valence-electron chi connectivity index (χ3n) is 3.18. The van der Waals surface area contributed by atoms with Gasteiger partial charge in [-0.15, -0.1) is 0 Å². The maximum Gasteiger partial charge on any atom is 0.324 e. The molecule has 0 spiro atoms. The first-order chi connectivity index (χ1) is 11.7. The number of hydrogen-bond donors (Lipinski definition) is 1. The molecule has 25 heavy (non-hydrogen) atoms. The number of anilines is 1. The molecule has 134 valence electrons. The molecule has 0 fully saturated rings. The van der Waals surface area contributed by atoms with Crippen LogP contribution in [0.1, 0.15) is 0 Å². The second kappa shape index (κ2) is 7.70. The number of nitrogens with zero attached hydrogens (tertiary/aromatic N) is 1. The van der Waals surface area contributed by atoms with Gasteiger partial charge in [-0.1, -0.05) is 34.8 Å². The molecule has 0 bridgehead atoms. The molecule has 0 aliphatic heterocycles. The largest absolute Gasteiger partial charge is 0.495 e. The van der Waals surface area contributed by atoms with Crippen LogP contribution in [0.15, 0.2) is 41.3 Å². The molecule has 0 radical (unpaired) electrons. The van der Waals surface area contributed by atoms with E-state index in [1.807, 2.05) is 0 Å². The molecule has 0 saturated heterocycles. The maximum absolute atomic E-state index is 12.9. The third kappa shape index (κ3) is 4.30. The van der Waals surface area contributed by atoms with E-state index in [-0.39, 0.29) is 25.7 Å². The Hall–Kier alpha value is -1.67. The van der Waals surface area contributed by atoms with E-state index in [9.17, 15) is 13.2 Å². The fourth-order valence-electron chi connectivity index (χ4n) is 2.01. The van der Waals surface area contributed by atoms with Crippen molar-refractivity contribution in [2.24, 2.45) is 0 Å². The molecular weight excluding hydrogens is 413 g/mol. The summed E-state index contributed by atoms with van der Waals surface area (Å²) in [6.45, 7) is -0.802. The zero-order valence-electron chi connectivity index (χ0n) is 12.7. The standard InChI is InChI=1S/C15H12Cl3NO5S/c1-24-14-5-3-10(7-13(14)18)25(22,23)19(8-15(20)21)9-2-4-11(16)12(17)6-9/h2-7H,8H2,1H3,(H,20,21). The van der Waals surface area contributed by atoms with E-state index in [1.54, 1.807) is 0 Å². The fourth-order valence-corrected chi connectivity index (χ4v) is 4.06. The summed E-state index contributed by atoms with van der Waals surface area (Å²) in [5.74, 6) is -1.05. The summed E-state index contributed by atoms with van der Waals surface area (Å²) >= 11 is 17.7. The van der Waals surface area contributed by atoms with Gasteiger partial charge < -0.3 is 9.84 Å². The van der Waals surface area contributed by atoms with Crippen LogP contribution in [0.3, 0.4) is 0 Å². The van der Waals surface area contributed by atoms with Gasteiger partial charge in [0, 0.05) is 0 Å². The van der Waals surface area contributed by atoms with Crippen LogP contribution in [-0.2, 0) is 14.8 Å². The van der Waals surface area contributed by atoms with E-state index in [0.717, 1.165) is 0 Å². The predicted octanol–water partition coefficient (Wildman–Crippen LogP) is 3.94. The van der Waals surface area contributed by atoms with Crippen molar-refractivity contribution >= 4 is 56.5 Å². The summed E-state index contributed by atoms with van der Waals surface area (Å²) in [4.78, 5) is 11.0. The number of carboxylic acids is 1. The lowest BCUT2D eigenvalue weighted by Crippen LogP contribution is -2.35. The lowest BCUT2D eigenvalue weighted by molar-refractivity contribution is -0.135. The van der Waals surface area contributed by atoms with Gasteiger partial charge in [-0.3, -0.25) is 9.10 Å². The molecule has 2 rings (SSSR count). The molecule has 0 unspecified atom stereocenters. The first kappa shape index (κ1) is 19.7. The average Bonchev–Trinajstić information content (AvgIpc) is 2.55. The Kier molecular flexibility index (Phi) is 6.05. The number of carboxylic acid groups (broad SMARTS) is 1. The number of sulfonamides is 1. The topological polar surface area (TPSA) is 83.9 Å². The third-order valence-corrected chi connectivity index (χ3v) is 5.99. The van der Waals surface area contributed by atoms with Crippen LogP contribution in [0.25, 0.3) is 0 Å². The Balaban J connectivity index is 2.57. The van der Waals surface area contributed by atoms with Gasteiger partial charge in [0.2, 0.25) is 0 Å². The van der Waals surface area contributed by atoms with Crippen LogP contribution in [0.2, 0.25) is 15.1 Å². The van der Waals surface area contributed by atoms with Crippen LogP contribution < -0.4 is 9.04 Å². The van der Waals surface area contributed by atoms with Crippen LogP contribution in [0.5, 0.6) is 5.75 Å². The Labute approximate surface area is 159 Å². The van der Waals surface area contributed by atoms with Crippen molar-refractivity contribution in [3.8, 4) is 5.75 Å². The van der Waals surface area contributed by atoms with E-state index >= 15 is 0 Å². The molecule has 0 aliphatic rings. The van der Waals surface area contributed by atoms with Crippen LogP contribution in [0.4, 0.5) is 5.69 Å². The number of ether oxygens (including phenoxy) is 1.